The van der Waals surface area contributed by atoms with Crippen molar-refractivity contribution in [1.82, 2.24) is 14.9 Å². The van der Waals surface area contributed by atoms with Crippen LogP contribution in [0.25, 0.3) is 0 Å². The van der Waals surface area contributed by atoms with E-state index in [4.69, 9.17) is 26.2 Å². The summed E-state index contributed by atoms with van der Waals surface area (Å²) in [6.45, 7) is 1.42. The molecule has 1 saturated heterocycles. The minimum absolute atomic E-state index is 0.0341. The third kappa shape index (κ3) is 8.21. The smallest absolute Gasteiger partial charge is 0.416 e. The summed E-state index contributed by atoms with van der Waals surface area (Å²) in [5.74, 6) is -1.55. The van der Waals surface area contributed by atoms with Crippen LogP contribution in [0.3, 0.4) is 0 Å². The van der Waals surface area contributed by atoms with Crippen LogP contribution in [-0.4, -0.2) is 60.1 Å². The summed E-state index contributed by atoms with van der Waals surface area (Å²) in [7, 11) is -4.09. The molecule has 2 aliphatic rings. The first-order valence-electron chi connectivity index (χ1n) is 13.6. The van der Waals surface area contributed by atoms with Crippen LogP contribution >= 0.6 is 11.6 Å². The lowest BCUT2D eigenvalue weighted by Gasteiger charge is -2.41. The average molecular weight is 644 g/mol. The summed E-state index contributed by atoms with van der Waals surface area (Å²) < 4.78 is 87.1. The highest BCUT2D eigenvalue weighted by Crippen LogP contribution is 2.41. The monoisotopic (exact) mass is 643 g/mol. The lowest BCUT2D eigenvalue weighted by molar-refractivity contribution is -0.137. The zero-order valence-electron chi connectivity index (χ0n) is 22.9. The first kappa shape index (κ1) is 32.6. The molecule has 1 N–H and O–H groups in total. The molecule has 0 radical (unpaired) electrons. The van der Waals surface area contributed by atoms with E-state index in [1.165, 1.54) is 30.7 Å². The lowest BCUT2D eigenvalue weighted by Crippen LogP contribution is -2.48. The predicted molar refractivity (Wildman–Crippen MR) is 150 cm³/mol. The topological polar surface area (TPSA) is 110 Å². The van der Waals surface area contributed by atoms with Crippen molar-refractivity contribution in [3.8, 4) is 5.75 Å². The summed E-state index contributed by atoms with van der Waals surface area (Å²) in [6.07, 6.45) is 1.51. The van der Waals surface area contributed by atoms with Crippen LogP contribution in [0.15, 0.2) is 59.9 Å². The molecular formula is C29H30ClF4N3O5S. The van der Waals surface area contributed by atoms with E-state index in [0.717, 1.165) is 44.1 Å². The van der Waals surface area contributed by atoms with Crippen LogP contribution in [-0.2, 0) is 26.6 Å². The fraction of sp³-hybridized carbons (Fsp3) is 0.414. The molecule has 0 bridgehead atoms. The molecule has 14 heteroatoms. The van der Waals surface area contributed by atoms with Gasteiger partial charge in [0.2, 0.25) is 0 Å². The van der Waals surface area contributed by atoms with E-state index in [2.05, 4.69) is 14.9 Å². The summed E-state index contributed by atoms with van der Waals surface area (Å²) >= 11 is 6.42. The lowest BCUT2D eigenvalue weighted by atomic mass is 9.79. The highest BCUT2D eigenvalue weighted by Gasteiger charge is 2.39. The molecule has 1 aromatic heterocycles. The average Bonchev–Trinajstić information content (AvgIpc) is 3.50. The van der Waals surface area contributed by atoms with Crippen molar-refractivity contribution < 1.29 is 40.6 Å². The maximum Gasteiger partial charge on any atom is 0.416 e. The molecule has 0 spiro atoms. The van der Waals surface area contributed by atoms with Crippen molar-refractivity contribution in [3.05, 3.63) is 82.6 Å². The van der Waals surface area contributed by atoms with Gasteiger partial charge in [-0.15, -0.1) is 0 Å². The fourth-order valence-electron chi connectivity index (χ4n) is 5.66. The number of nitrogens with zero attached hydrogens (tertiary/aromatic N) is 3. The minimum atomic E-state index is -4.42. The molecule has 8 nitrogen and oxygen atoms in total. The number of likely N-dealkylation sites (tertiary alicyclic amines) is 1. The summed E-state index contributed by atoms with van der Waals surface area (Å²) in [6, 6.07) is 8.84. The number of ether oxygens (including phenoxy) is 1. The quantitative estimate of drug-likeness (QED) is 0.242. The Morgan fingerprint density at radius 2 is 1.84 bits per heavy atom. The minimum Gasteiger partial charge on any atom is -0.487 e. The third-order valence-corrected chi connectivity index (χ3v) is 9.58. The Kier molecular flexibility index (Phi) is 10.6. The van der Waals surface area contributed by atoms with Gasteiger partial charge in [0.1, 0.15) is 28.9 Å². The normalized spacial score (nSPS) is 21.1. The molecule has 43 heavy (non-hydrogen) atoms. The van der Waals surface area contributed by atoms with Gasteiger partial charge < -0.3 is 9.84 Å². The van der Waals surface area contributed by atoms with Gasteiger partial charge in [-0.25, -0.2) is 22.8 Å². The number of sulfone groups is 1. The Morgan fingerprint density at radius 3 is 2.49 bits per heavy atom. The van der Waals surface area contributed by atoms with E-state index < -0.39 is 38.0 Å². The van der Waals surface area contributed by atoms with Gasteiger partial charge >= 0.3 is 6.18 Å². The van der Waals surface area contributed by atoms with E-state index in [-0.39, 0.29) is 41.0 Å². The number of hydrogen-bond acceptors (Lipinski definition) is 7. The molecule has 3 aromatic rings. The largest absolute Gasteiger partial charge is 0.487 e. The molecule has 2 fully saturated rings. The van der Waals surface area contributed by atoms with Crippen LogP contribution in [0.2, 0.25) is 5.02 Å². The fourth-order valence-corrected chi connectivity index (χ4v) is 7.31. The van der Waals surface area contributed by atoms with E-state index >= 15 is 4.39 Å². The molecule has 1 aliphatic heterocycles. The number of rotatable bonds is 7. The van der Waals surface area contributed by atoms with Crippen LogP contribution in [0.1, 0.15) is 54.8 Å². The number of hydrogen-bond donors (Lipinski definition) is 1. The number of carboxylic acid groups (broad SMARTS) is 1. The molecule has 1 aliphatic carbocycles. The highest BCUT2D eigenvalue weighted by atomic mass is 35.5. The van der Waals surface area contributed by atoms with Gasteiger partial charge in [-0.05, 0) is 74.9 Å². The van der Waals surface area contributed by atoms with Crippen molar-refractivity contribution in [2.24, 2.45) is 0 Å². The Labute approximate surface area is 251 Å². The maximum absolute atomic E-state index is 15.1. The molecule has 5 rings (SSSR count). The van der Waals surface area contributed by atoms with Crippen molar-refractivity contribution in [1.29, 1.82) is 0 Å². The van der Waals surface area contributed by atoms with Gasteiger partial charge in [0.25, 0.3) is 6.47 Å². The standard InChI is InChI=1S/C28H28ClF4N3O3S.CH2O2/c29-22-14-27(40(37,38)16-21-8-9-34-17-35-21)23(30)15-26(22)39-25-7-6-19(13-24(25)36-10-1-2-11-36)18-4-3-5-20(12-18)28(31,32)33;2-1-3/h3-5,8-9,12,14-15,17,19,24-25H,1-2,6-7,10-11,13,16H2;1H,(H,2,3)/t19-,24-,25-;/m0./s1. The van der Waals surface area contributed by atoms with Gasteiger partial charge in [-0.2, -0.15) is 13.2 Å². The molecule has 2 aromatic carbocycles. The van der Waals surface area contributed by atoms with Gasteiger partial charge in [-0.3, -0.25) is 9.69 Å². The Morgan fingerprint density at radius 1 is 1.12 bits per heavy atom. The highest BCUT2D eigenvalue weighted by molar-refractivity contribution is 7.90. The van der Waals surface area contributed by atoms with Gasteiger partial charge in [0.05, 0.1) is 22.0 Å². The van der Waals surface area contributed by atoms with Crippen molar-refractivity contribution >= 4 is 27.9 Å². The van der Waals surface area contributed by atoms with Crippen LogP contribution < -0.4 is 4.74 Å². The molecule has 232 valence electrons. The molecule has 1 saturated carbocycles. The summed E-state index contributed by atoms with van der Waals surface area (Å²) in [5, 5.41) is 6.85. The van der Waals surface area contributed by atoms with E-state index in [0.29, 0.717) is 24.8 Å². The second-order valence-electron chi connectivity index (χ2n) is 10.4. The van der Waals surface area contributed by atoms with Crippen LogP contribution in [0.4, 0.5) is 17.6 Å². The zero-order valence-corrected chi connectivity index (χ0v) is 24.5. The SMILES string of the molecule is O=CO.O=S(=O)(Cc1ccncn1)c1cc(Cl)c(O[C@H]2CC[C@H](c3cccc(C(F)(F)F)c3)C[C@@H]2N2CCCC2)cc1F. The van der Waals surface area contributed by atoms with Crippen molar-refractivity contribution in [3.63, 3.8) is 0 Å². The number of benzene rings is 2. The summed E-state index contributed by atoms with van der Waals surface area (Å²) in [5.41, 5.74) is 0.190. The number of aromatic nitrogens is 2. The number of halogens is 5. The predicted octanol–water partition coefficient (Wildman–Crippen LogP) is 6.14. The van der Waals surface area contributed by atoms with Crippen LogP contribution in [0.5, 0.6) is 5.75 Å². The van der Waals surface area contributed by atoms with E-state index in [9.17, 15) is 21.6 Å². The maximum atomic E-state index is 15.1. The van der Waals surface area contributed by atoms with Crippen molar-refractivity contribution in [2.45, 2.75) is 67.0 Å². The van der Waals surface area contributed by atoms with Gasteiger partial charge in [-0.1, -0.05) is 29.8 Å². The molecule has 0 unspecified atom stereocenters. The third-order valence-electron chi connectivity index (χ3n) is 7.63. The zero-order chi connectivity index (χ0) is 31.2. The van der Waals surface area contributed by atoms with Gasteiger partial charge in [0.15, 0.2) is 9.84 Å². The van der Waals surface area contributed by atoms with E-state index in [1.54, 1.807) is 6.07 Å². The van der Waals surface area contributed by atoms with E-state index in [1.807, 2.05) is 0 Å². The van der Waals surface area contributed by atoms with Crippen molar-refractivity contribution in [2.75, 3.05) is 13.1 Å². The molecular weight excluding hydrogens is 614 g/mol. The second kappa shape index (κ2) is 14.0. The molecule has 0 amide bonds. The second-order valence-corrected chi connectivity index (χ2v) is 12.7. The Hall–Kier alpha value is -3.29. The Bertz CT molecular complexity index is 1510. The molecule has 3 atom stereocenters. The number of alkyl halides is 3. The number of carbonyl (C=O) groups is 1. The first-order chi connectivity index (χ1) is 20.4. The first-order valence-corrected chi connectivity index (χ1v) is 15.6. The Balaban J connectivity index is 0.00000135. The summed E-state index contributed by atoms with van der Waals surface area (Å²) in [4.78, 5) is 17.7. The van der Waals surface area contributed by atoms with Crippen LogP contribution in [0, 0.1) is 5.82 Å². The van der Waals surface area contributed by atoms with Gasteiger partial charge in [0, 0.05) is 18.3 Å². The molecule has 2 heterocycles.